The Labute approximate surface area is 116 Å². The van der Waals surface area contributed by atoms with E-state index in [1.165, 1.54) is 19.3 Å². The maximum absolute atomic E-state index is 11.4. The van der Waals surface area contributed by atoms with Crippen molar-refractivity contribution >= 4 is 26.8 Å². The summed E-state index contributed by atoms with van der Waals surface area (Å²) < 4.78 is 0.885. The van der Waals surface area contributed by atoms with Crippen LogP contribution >= 0.6 is 15.9 Å². The molecule has 0 radical (unpaired) electrons. The van der Waals surface area contributed by atoms with E-state index >= 15 is 0 Å². The molecule has 1 heterocycles. The maximum atomic E-state index is 11.4. The second-order valence-corrected chi connectivity index (χ2v) is 5.08. The molecule has 0 aliphatic heterocycles. The summed E-state index contributed by atoms with van der Waals surface area (Å²) in [5.74, 6) is 0.639. The molecule has 0 atom stereocenters. The van der Waals surface area contributed by atoms with Gasteiger partial charge in [0.05, 0.1) is 10.9 Å². The van der Waals surface area contributed by atoms with Crippen LogP contribution in [0.3, 0.4) is 0 Å². The van der Waals surface area contributed by atoms with Crippen molar-refractivity contribution in [1.29, 1.82) is 0 Å². The van der Waals surface area contributed by atoms with E-state index in [0.717, 1.165) is 9.99 Å². The van der Waals surface area contributed by atoms with Crippen LogP contribution in [0.4, 0.5) is 0 Å². The average Bonchev–Trinajstić information content (AvgIpc) is 2.32. The van der Waals surface area contributed by atoms with Crippen LogP contribution in [0.1, 0.15) is 38.9 Å². The third-order valence-corrected chi connectivity index (χ3v) is 2.99. The summed E-state index contributed by atoms with van der Waals surface area (Å²) in [5, 5.41) is 0.611. The number of H-pyrrole nitrogens is 1. The SMILES string of the molecule is CCCCC.Cc1nc2ccc(Br)cc2c(=O)[nH]1. The molecule has 2 aromatic rings. The van der Waals surface area contributed by atoms with Gasteiger partial charge in [-0.2, -0.15) is 0 Å². The monoisotopic (exact) mass is 310 g/mol. The van der Waals surface area contributed by atoms with E-state index in [1.54, 1.807) is 13.0 Å². The molecule has 1 aromatic carbocycles. The molecule has 0 aliphatic rings. The highest BCUT2D eigenvalue weighted by Gasteiger charge is 2.00. The van der Waals surface area contributed by atoms with Gasteiger partial charge in [-0.05, 0) is 25.1 Å². The predicted molar refractivity (Wildman–Crippen MR) is 80.0 cm³/mol. The predicted octanol–water partition coefficient (Wildman–Crippen LogP) is 4.19. The molecule has 0 saturated heterocycles. The van der Waals surface area contributed by atoms with Crippen molar-refractivity contribution in [2.75, 3.05) is 0 Å². The zero-order chi connectivity index (χ0) is 13.5. The first kappa shape index (κ1) is 14.9. The van der Waals surface area contributed by atoms with E-state index in [0.29, 0.717) is 11.2 Å². The number of aromatic amines is 1. The third kappa shape index (κ3) is 4.26. The van der Waals surface area contributed by atoms with Gasteiger partial charge in [0.2, 0.25) is 0 Å². The minimum atomic E-state index is -0.0937. The van der Waals surface area contributed by atoms with Gasteiger partial charge in [0.15, 0.2) is 0 Å². The molecule has 18 heavy (non-hydrogen) atoms. The molecule has 3 nitrogen and oxygen atoms in total. The Hall–Kier alpha value is -1.16. The smallest absolute Gasteiger partial charge is 0.258 e. The fraction of sp³-hybridized carbons (Fsp3) is 0.429. The van der Waals surface area contributed by atoms with Crippen LogP contribution in [0.2, 0.25) is 0 Å². The molecule has 0 bridgehead atoms. The quantitative estimate of drug-likeness (QED) is 0.904. The summed E-state index contributed by atoms with van der Waals surface area (Å²) >= 11 is 3.30. The number of fused-ring (bicyclic) bond motifs is 1. The van der Waals surface area contributed by atoms with E-state index in [2.05, 4.69) is 39.7 Å². The Bertz CT molecular complexity index is 561. The van der Waals surface area contributed by atoms with Gasteiger partial charge >= 0.3 is 0 Å². The average molecular weight is 311 g/mol. The Kier molecular flexibility index (Phi) is 6.05. The van der Waals surface area contributed by atoms with Gasteiger partial charge in [0.1, 0.15) is 5.82 Å². The van der Waals surface area contributed by atoms with Gasteiger partial charge in [0.25, 0.3) is 5.56 Å². The number of aryl methyl sites for hydroxylation is 1. The van der Waals surface area contributed by atoms with Crippen molar-refractivity contribution < 1.29 is 0 Å². The van der Waals surface area contributed by atoms with E-state index in [-0.39, 0.29) is 5.56 Å². The van der Waals surface area contributed by atoms with Crippen molar-refractivity contribution in [3.05, 3.63) is 38.9 Å². The molecule has 0 amide bonds. The number of benzene rings is 1. The highest BCUT2D eigenvalue weighted by atomic mass is 79.9. The molecular formula is C14H19BrN2O. The van der Waals surface area contributed by atoms with Gasteiger partial charge in [-0.15, -0.1) is 0 Å². The van der Waals surface area contributed by atoms with Crippen molar-refractivity contribution in [3.63, 3.8) is 0 Å². The lowest BCUT2D eigenvalue weighted by atomic mass is 10.2. The number of rotatable bonds is 2. The minimum Gasteiger partial charge on any atom is -0.310 e. The van der Waals surface area contributed by atoms with Crippen LogP contribution in [0.25, 0.3) is 10.9 Å². The first-order valence-electron chi connectivity index (χ1n) is 6.24. The molecule has 1 N–H and O–H groups in total. The van der Waals surface area contributed by atoms with Crippen LogP contribution in [0, 0.1) is 6.92 Å². The lowest BCUT2D eigenvalue weighted by Crippen LogP contribution is -2.09. The van der Waals surface area contributed by atoms with Gasteiger partial charge in [0, 0.05) is 4.47 Å². The van der Waals surface area contributed by atoms with Crippen molar-refractivity contribution in [3.8, 4) is 0 Å². The summed E-state index contributed by atoms with van der Waals surface area (Å²) in [6.07, 6.45) is 4.08. The largest absolute Gasteiger partial charge is 0.310 e. The van der Waals surface area contributed by atoms with Crippen LogP contribution in [0.15, 0.2) is 27.5 Å². The third-order valence-electron chi connectivity index (χ3n) is 2.49. The number of nitrogens with one attached hydrogen (secondary N) is 1. The minimum absolute atomic E-state index is 0.0937. The number of aromatic nitrogens is 2. The van der Waals surface area contributed by atoms with E-state index in [4.69, 9.17) is 0 Å². The first-order valence-corrected chi connectivity index (χ1v) is 7.04. The molecule has 98 valence electrons. The Morgan fingerprint density at radius 1 is 1.28 bits per heavy atom. The molecule has 0 spiro atoms. The second kappa shape index (κ2) is 7.31. The first-order chi connectivity index (χ1) is 8.58. The summed E-state index contributed by atoms with van der Waals surface area (Å²) in [6.45, 7) is 6.19. The topological polar surface area (TPSA) is 45.8 Å². The zero-order valence-corrected chi connectivity index (χ0v) is 12.7. The maximum Gasteiger partial charge on any atom is 0.258 e. The van der Waals surface area contributed by atoms with Gasteiger partial charge in [-0.3, -0.25) is 4.79 Å². The van der Waals surface area contributed by atoms with Crippen LogP contribution in [0.5, 0.6) is 0 Å². The Morgan fingerprint density at radius 2 is 1.94 bits per heavy atom. The highest BCUT2D eigenvalue weighted by molar-refractivity contribution is 9.10. The van der Waals surface area contributed by atoms with E-state index < -0.39 is 0 Å². The van der Waals surface area contributed by atoms with Gasteiger partial charge in [-0.1, -0.05) is 49.0 Å². The molecule has 0 unspecified atom stereocenters. The number of hydrogen-bond donors (Lipinski definition) is 1. The van der Waals surface area contributed by atoms with E-state index in [9.17, 15) is 4.79 Å². The van der Waals surface area contributed by atoms with Crippen LogP contribution in [-0.2, 0) is 0 Å². The number of hydrogen-bond acceptors (Lipinski definition) is 2. The fourth-order valence-corrected chi connectivity index (χ4v) is 1.94. The molecule has 0 saturated carbocycles. The lowest BCUT2D eigenvalue weighted by Gasteiger charge is -1.98. The molecule has 1 aromatic heterocycles. The molecule has 4 heteroatoms. The number of nitrogens with zero attached hydrogens (tertiary/aromatic N) is 1. The van der Waals surface area contributed by atoms with Gasteiger partial charge in [-0.25, -0.2) is 4.98 Å². The molecular weight excluding hydrogens is 292 g/mol. The van der Waals surface area contributed by atoms with Gasteiger partial charge < -0.3 is 4.98 Å². The molecule has 0 aliphatic carbocycles. The fourth-order valence-electron chi connectivity index (χ4n) is 1.58. The summed E-state index contributed by atoms with van der Waals surface area (Å²) in [5.41, 5.74) is 0.633. The van der Waals surface area contributed by atoms with Crippen LogP contribution < -0.4 is 5.56 Å². The van der Waals surface area contributed by atoms with Crippen molar-refractivity contribution in [1.82, 2.24) is 9.97 Å². The van der Waals surface area contributed by atoms with Crippen molar-refractivity contribution in [2.45, 2.75) is 40.0 Å². The standard InChI is InChI=1S/C9H7BrN2O.C5H12/c1-5-11-8-3-2-6(10)4-7(8)9(13)12-5;1-3-5-4-2/h2-4H,1H3,(H,11,12,13);3-5H2,1-2H3. The molecule has 0 fully saturated rings. The lowest BCUT2D eigenvalue weighted by molar-refractivity contribution is 0.772. The Morgan fingerprint density at radius 3 is 2.50 bits per heavy atom. The summed E-state index contributed by atoms with van der Waals surface area (Å²) in [7, 11) is 0. The van der Waals surface area contributed by atoms with Crippen molar-refractivity contribution in [2.24, 2.45) is 0 Å². The van der Waals surface area contributed by atoms with Crippen LogP contribution in [-0.4, -0.2) is 9.97 Å². The second-order valence-electron chi connectivity index (χ2n) is 4.17. The zero-order valence-electron chi connectivity index (χ0n) is 11.1. The normalized spacial score (nSPS) is 10.0. The number of halogens is 1. The summed E-state index contributed by atoms with van der Waals surface area (Å²) in [4.78, 5) is 18.3. The highest BCUT2D eigenvalue weighted by Crippen LogP contribution is 2.14. The number of unbranched alkanes of at least 4 members (excludes halogenated alkanes) is 2. The molecule has 2 rings (SSSR count). The summed E-state index contributed by atoms with van der Waals surface area (Å²) in [6, 6.07) is 5.45. The van der Waals surface area contributed by atoms with E-state index in [1.807, 2.05) is 12.1 Å². The Balaban J connectivity index is 0.000000280.